The van der Waals surface area contributed by atoms with Crippen molar-refractivity contribution < 1.29 is 28.5 Å². The maximum absolute atomic E-state index is 11.8. The fourth-order valence-corrected chi connectivity index (χ4v) is 4.29. The zero-order chi connectivity index (χ0) is 16.4. The zero-order valence-electron chi connectivity index (χ0n) is 13.3. The third kappa shape index (κ3) is 2.16. The smallest absolute Gasteiger partial charge is 0.334 e. The summed E-state index contributed by atoms with van der Waals surface area (Å²) in [7, 11) is 0. The summed E-state index contributed by atoms with van der Waals surface area (Å²) in [5.74, 6) is -1.49. The second-order valence-corrected chi connectivity index (χ2v) is 7.00. The lowest BCUT2D eigenvalue weighted by molar-refractivity contribution is -0.212. The molecule has 0 aromatic heterocycles. The number of hydrogen-bond acceptors (Lipinski definition) is 6. The molecule has 0 N–H and O–H groups in total. The van der Waals surface area contributed by atoms with Gasteiger partial charge >= 0.3 is 11.9 Å². The summed E-state index contributed by atoms with van der Waals surface area (Å²) in [6.07, 6.45) is 2.99. The van der Waals surface area contributed by atoms with Crippen molar-refractivity contribution in [2.24, 2.45) is 5.92 Å². The number of fused-ring (bicyclic) bond motifs is 2. The van der Waals surface area contributed by atoms with Crippen molar-refractivity contribution in [3.8, 4) is 0 Å². The van der Waals surface area contributed by atoms with E-state index in [-0.39, 0.29) is 30.1 Å². The van der Waals surface area contributed by atoms with Crippen LogP contribution in [0.4, 0.5) is 0 Å². The Morgan fingerprint density at radius 2 is 2.22 bits per heavy atom. The maximum Gasteiger partial charge on any atom is 0.334 e. The molecule has 0 aromatic carbocycles. The van der Waals surface area contributed by atoms with Gasteiger partial charge in [0.05, 0.1) is 6.61 Å². The molecule has 2 bridgehead atoms. The van der Waals surface area contributed by atoms with Gasteiger partial charge in [0.25, 0.3) is 0 Å². The molecule has 23 heavy (non-hydrogen) atoms. The summed E-state index contributed by atoms with van der Waals surface area (Å²) >= 11 is 0. The quantitative estimate of drug-likeness (QED) is 0.415. The van der Waals surface area contributed by atoms with Crippen LogP contribution >= 0.6 is 0 Å². The Hall–Kier alpha value is -1.66. The fourth-order valence-electron chi connectivity index (χ4n) is 4.29. The van der Waals surface area contributed by atoms with Crippen molar-refractivity contribution in [2.45, 2.75) is 56.7 Å². The SMILES string of the molecule is C=C1C(=O)O[C@@H]2C[C@@]34CO[C@@](C)(C[C@H](OC(C)=O)C3=CC[C@H]12)O4. The van der Waals surface area contributed by atoms with Gasteiger partial charge in [0.15, 0.2) is 5.79 Å². The number of rotatable bonds is 1. The molecule has 4 rings (SSSR count). The van der Waals surface area contributed by atoms with Crippen LogP contribution in [0, 0.1) is 5.92 Å². The minimum atomic E-state index is -0.781. The van der Waals surface area contributed by atoms with Gasteiger partial charge in [0.2, 0.25) is 0 Å². The van der Waals surface area contributed by atoms with Gasteiger partial charge in [0.1, 0.15) is 17.8 Å². The average Bonchev–Trinajstić information content (AvgIpc) is 2.79. The molecule has 3 heterocycles. The van der Waals surface area contributed by atoms with Crippen molar-refractivity contribution >= 4 is 11.9 Å². The van der Waals surface area contributed by atoms with Crippen LogP contribution in [-0.2, 0) is 28.5 Å². The molecule has 1 aliphatic carbocycles. The highest BCUT2D eigenvalue weighted by atomic mass is 16.8. The molecule has 124 valence electrons. The van der Waals surface area contributed by atoms with E-state index in [4.69, 9.17) is 18.9 Å². The zero-order valence-corrected chi connectivity index (χ0v) is 13.3. The van der Waals surface area contributed by atoms with Crippen LogP contribution < -0.4 is 0 Å². The van der Waals surface area contributed by atoms with Crippen LogP contribution in [0.3, 0.4) is 0 Å². The molecule has 3 aliphatic heterocycles. The van der Waals surface area contributed by atoms with Crippen molar-refractivity contribution in [1.82, 2.24) is 0 Å². The molecule has 0 amide bonds. The normalized spacial score (nSPS) is 44.8. The monoisotopic (exact) mass is 320 g/mol. The topological polar surface area (TPSA) is 71.1 Å². The molecule has 4 aliphatic rings. The van der Waals surface area contributed by atoms with Gasteiger partial charge < -0.3 is 18.9 Å². The van der Waals surface area contributed by atoms with Gasteiger partial charge in [0, 0.05) is 36.8 Å². The lowest BCUT2D eigenvalue weighted by atomic mass is 9.82. The minimum Gasteiger partial charge on any atom is -0.458 e. The van der Waals surface area contributed by atoms with E-state index in [1.54, 1.807) is 0 Å². The van der Waals surface area contributed by atoms with Crippen LogP contribution in [0.15, 0.2) is 23.8 Å². The van der Waals surface area contributed by atoms with E-state index in [2.05, 4.69) is 6.58 Å². The standard InChI is InChI=1S/C17H20O6/c1-9-11-4-5-12-14(21-10(2)18)6-16(3)20-8-17(12,23-16)7-13(11)22-15(9)19/h5,11,13-14H,1,4,6-8H2,2-3H3/t11-,13-,14+,16-,17-/m1/s1. The first-order valence-electron chi connectivity index (χ1n) is 7.94. The van der Waals surface area contributed by atoms with Gasteiger partial charge in [-0.2, -0.15) is 0 Å². The Labute approximate surface area is 134 Å². The van der Waals surface area contributed by atoms with Crippen molar-refractivity contribution in [3.63, 3.8) is 0 Å². The summed E-state index contributed by atoms with van der Waals surface area (Å²) in [6.45, 7) is 7.50. The maximum atomic E-state index is 11.8. The third-order valence-corrected chi connectivity index (χ3v) is 5.30. The van der Waals surface area contributed by atoms with Gasteiger partial charge in [-0.05, 0) is 13.3 Å². The lowest BCUT2D eigenvalue weighted by Crippen LogP contribution is -2.50. The number of carbonyl (C=O) groups is 2. The highest BCUT2D eigenvalue weighted by molar-refractivity contribution is 5.90. The second-order valence-electron chi connectivity index (χ2n) is 7.00. The average molecular weight is 320 g/mol. The number of allylic oxidation sites excluding steroid dienone is 1. The molecule has 1 spiro atoms. The van der Waals surface area contributed by atoms with Crippen LogP contribution in [0.1, 0.15) is 33.1 Å². The van der Waals surface area contributed by atoms with Gasteiger partial charge in [-0.3, -0.25) is 4.79 Å². The fraction of sp³-hybridized carbons (Fsp3) is 0.647. The van der Waals surface area contributed by atoms with E-state index in [9.17, 15) is 9.59 Å². The molecule has 5 atom stereocenters. The molecule has 6 nitrogen and oxygen atoms in total. The Morgan fingerprint density at radius 3 is 2.96 bits per heavy atom. The van der Waals surface area contributed by atoms with Gasteiger partial charge in [-0.25, -0.2) is 4.79 Å². The predicted octanol–water partition coefficient (Wildman–Crippen LogP) is 1.64. The van der Waals surface area contributed by atoms with E-state index in [1.807, 2.05) is 13.0 Å². The van der Waals surface area contributed by atoms with Crippen LogP contribution in [-0.4, -0.2) is 42.1 Å². The molecule has 6 heteroatoms. The minimum absolute atomic E-state index is 0.0524. The Kier molecular flexibility index (Phi) is 3.03. The molecule has 0 aromatic rings. The van der Waals surface area contributed by atoms with Crippen molar-refractivity contribution in [1.29, 1.82) is 0 Å². The Morgan fingerprint density at radius 1 is 1.43 bits per heavy atom. The molecule has 0 saturated carbocycles. The van der Waals surface area contributed by atoms with E-state index >= 15 is 0 Å². The Balaban J connectivity index is 1.73. The number of esters is 2. The largest absolute Gasteiger partial charge is 0.458 e. The summed E-state index contributed by atoms with van der Waals surface area (Å²) < 4.78 is 23.1. The second kappa shape index (κ2) is 4.68. The van der Waals surface area contributed by atoms with Crippen LogP contribution in [0.2, 0.25) is 0 Å². The first-order chi connectivity index (χ1) is 10.8. The highest BCUT2D eigenvalue weighted by Crippen LogP contribution is 2.53. The molecular formula is C17H20O6. The summed E-state index contributed by atoms with van der Waals surface area (Å²) in [5, 5.41) is 0. The number of hydrogen-bond donors (Lipinski definition) is 0. The van der Waals surface area contributed by atoms with E-state index in [0.717, 1.165) is 5.57 Å². The van der Waals surface area contributed by atoms with Crippen molar-refractivity contribution in [3.05, 3.63) is 23.8 Å². The van der Waals surface area contributed by atoms with Gasteiger partial charge in [-0.1, -0.05) is 12.7 Å². The molecule has 0 radical (unpaired) electrons. The van der Waals surface area contributed by atoms with Crippen molar-refractivity contribution in [2.75, 3.05) is 6.61 Å². The predicted molar refractivity (Wildman–Crippen MR) is 78.2 cm³/mol. The highest BCUT2D eigenvalue weighted by Gasteiger charge is 2.61. The van der Waals surface area contributed by atoms with Crippen LogP contribution in [0.5, 0.6) is 0 Å². The van der Waals surface area contributed by atoms with E-state index in [0.29, 0.717) is 31.4 Å². The Bertz CT molecular complexity index is 637. The first-order valence-corrected chi connectivity index (χ1v) is 7.94. The van der Waals surface area contributed by atoms with E-state index in [1.165, 1.54) is 6.92 Å². The summed E-state index contributed by atoms with van der Waals surface area (Å²) in [4.78, 5) is 23.3. The lowest BCUT2D eigenvalue weighted by Gasteiger charge is -2.42. The van der Waals surface area contributed by atoms with E-state index < -0.39 is 11.4 Å². The molecule has 3 fully saturated rings. The number of ether oxygens (including phenoxy) is 4. The summed E-state index contributed by atoms with van der Waals surface area (Å²) in [6, 6.07) is 0. The van der Waals surface area contributed by atoms with Crippen LogP contribution in [0.25, 0.3) is 0 Å². The molecular weight excluding hydrogens is 300 g/mol. The third-order valence-electron chi connectivity index (χ3n) is 5.30. The number of carbonyl (C=O) groups excluding carboxylic acids is 2. The van der Waals surface area contributed by atoms with Gasteiger partial charge in [-0.15, -0.1) is 0 Å². The molecule has 3 saturated heterocycles. The summed E-state index contributed by atoms with van der Waals surface area (Å²) in [5.41, 5.74) is 0.741. The first kappa shape index (κ1) is 14.9. The molecule has 0 unspecified atom stereocenters.